The number of ether oxygens (including phenoxy) is 1. The molecule has 1 saturated heterocycles. The molecule has 1 aromatic heterocycles. The number of aromatic nitrogens is 1. The lowest BCUT2D eigenvalue weighted by Crippen LogP contribution is -2.29. The quantitative estimate of drug-likeness (QED) is 0.144. The molecule has 1 aliphatic heterocycles. The van der Waals surface area contributed by atoms with Crippen LogP contribution in [-0.4, -0.2) is 28.9 Å². The Hall–Kier alpha value is -3.31. The minimum Gasteiger partial charge on any atom is -0.507 e. The highest BCUT2D eigenvalue weighted by Crippen LogP contribution is 2.44. The molecular formula is C25H16FIN2O4S. The molecule has 1 fully saturated rings. The average molecular weight is 586 g/mol. The Morgan fingerprint density at radius 2 is 1.79 bits per heavy atom. The van der Waals surface area contributed by atoms with Gasteiger partial charge in [0.05, 0.1) is 28.9 Å². The minimum atomic E-state index is -0.899. The number of methoxy groups -OCH3 is 1. The minimum absolute atomic E-state index is 0.0744. The average Bonchev–Trinajstić information content (AvgIpc) is 3.37. The van der Waals surface area contributed by atoms with Crippen LogP contribution in [0.2, 0.25) is 0 Å². The highest BCUT2D eigenvalue weighted by Gasteiger charge is 2.48. The first-order valence-electron chi connectivity index (χ1n) is 10.1. The normalized spacial score (nSPS) is 17.5. The first kappa shape index (κ1) is 22.5. The Morgan fingerprint density at radius 3 is 2.47 bits per heavy atom. The van der Waals surface area contributed by atoms with Gasteiger partial charge in [0, 0.05) is 9.13 Å². The summed E-state index contributed by atoms with van der Waals surface area (Å²) >= 11 is 3.41. The SMILES string of the molecule is COc1ccc2nc(N3C(=O)C(=O)C(=C(O)c4ccc(F)cc4)C3c3ccc(I)cc3)sc2c1. The predicted molar refractivity (Wildman–Crippen MR) is 137 cm³/mol. The first-order valence-corrected chi connectivity index (χ1v) is 12.0. The fourth-order valence-electron chi connectivity index (χ4n) is 3.88. The standard InChI is InChI=1S/C25H16FIN2O4S/c1-33-17-10-11-18-19(12-17)34-25(28-18)29-21(13-4-8-16(27)9-5-13)20(23(31)24(29)32)22(30)14-2-6-15(26)7-3-14/h2-12,21,30H,1H3. The van der Waals surface area contributed by atoms with Crippen LogP contribution in [0, 0.1) is 9.39 Å². The lowest BCUT2D eigenvalue weighted by Gasteiger charge is -2.23. The van der Waals surface area contributed by atoms with Gasteiger partial charge in [-0.2, -0.15) is 0 Å². The summed E-state index contributed by atoms with van der Waals surface area (Å²) < 4.78 is 20.5. The third-order valence-corrected chi connectivity index (χ3v) is 7.27. The van der Waals surface area contributed by atoms with Gasteiger partial charge >= 0.3 is 5.91 Å². The Bertz CT molecular complexity index is 1460. The number of hydrogen-bond acceptors (Lipinski definition) is 6. The van der Waals surface area contributed by atoms with Crippen molar-refractivity contribution in [1.29, 1.82) is 0 Å². The van der Waals surface area contributed by atoms with Crippen molar-refractivity contribution >= 4 is 66.7 Å². The van der Waals surface area contributed by atoms with Crippen molar-refractivity contribution < 1.29 is 23.8 Å². The fourth-order valence-corrected chi connectivity index (χ4v) is 5.26. The largest absolute Gasteiger partial charge is 0.507 e. The van der Waals surface area contributed by atoms with Gasteiger partial charge in [0.2, 0.25) is 0 Å². The van der Waals surface area contributed by atoms with Crippen molar-refractivity contribution in [3.05, 3.63) is 92.8 Å². The van der Waals surface area contributed by atoms with E-state index in [2.05, 4.69) is 27.6 Å². The lowest BCUT2D eigenvalue weighted by molar-refractivity contribution is -0.132. The number of aliphatic hydroxyl groups excluding tert-OH is 1. The molecule has 6 nitrogen and oxygen atoms in total. The van der Waals surface area contributed by atoms with Crippen molar-refractivity contribution in [2.75, 3.05) is 12.0 Å². The van der Waals surface area contributed by atoms with Gasteiger partial charge < -0.3 is 9.84 Å². The number of thiazole rings is 1. The molecule has 0 aliphatic carbocycles. The zero-order valence-corrected chi connectivity index (χ0v) is 20.6. The summed E-state index contributed by atoms with van der Waals surface area (Å²) in [5.41, 5.74) is 1.46. The van der Waals surface area contributed by atoms with Crippen LogP contribution < -0.4 is 9.64 Å². The van der Waals surface area contributed by atoms with Gasteiger partial charge in [-0.1, -0.05) is 23.5 Å². The van der Waals surface area contributed by atoms with Gasteiger partial charge in [0.25, 0.3) is 5.78 Å². The Morgan fingerprint density at radius 1 is 1.09 bits per heavy atom. The van der Waals surface area contributed by atoms with Gasteiger partial charge in [-0.3, -0.25) is 14.5 Å². The van der Waals surface area contributed by atoms with Crippen LogP contribution >= 0.6 is 33.9 Å². The number of rotatable bonds is 4. The molecular weight excluding hydrogens is 570 g/mol. The highest BCUT2D eigenvalue weighted by molar-refractivity contribution is 14.1. The van der Waals surface area contributed by atoms with E-state index < -0.39 is 23.5 Å². The van der Waals surface area contributed by atoms with E-state index in [1.54, 1.807) is 31.4 Å². The number of anilines is 1. The second kappa shape index (κ2) is 8.80. The Labute approximate surface area is 211 Å². The number of benzene rings is 3. The van der Waals surface area contributed by atoms with E-state index in [9.17, 15) is 19.1 Å². The van der Waals surface area contributed by atoms with Crippen LogP contribution in [0.5, 0.6) is 5.75 Å². The van der Waals surface area contributed by atoms with Crippen LogP contribution in [0.3, 0.4) is 0 Å². The molecule has 34 heavy (non-hydrogen) atoms. The summed E-state index contributed by atoms with van der Waals surface area (Å²) in [5.74, 6) is -1.82. The van der Waals surface area contributed by atoms with Crippen molar-refractivity contribution in [2.45, 2.75) is 6.04 Å². The van der Waals surface area contributed by atoms with Crippen LogP contribution in [0.15, 0.2) is 72.3 Å². The number of Topliss-reactive ketones (excluding diaryl/α,β-unsaturated/α-hetero) is 1. The number of ketones is 1. The predicted octanol–water partition coefficient (Wildman–Crippen LogP) is 5.67. The van der Waals surface area contributed by atoms with Gasteiger partial charge in [-0.25, -0.2) is 9.37 Å². The van der Waals surface area contributed by atoms with E-state index in [0.29, 0.717) is 22.0 Å². The maximum Gasteiger partial charge on any atom is 0.301 e. The molecule has 9 heteroatoms. The van der Waals surface area contributed by atoms with Gasteiger partial charge in [0.15, 0.2) is 5.13 Å². The van der Waals surface area contributed by atoms with Crippen LogP contribution in [-0.2, 0) is 9.59 Å². The number of carbonyl (C=O) groups is 2. The maximum absolute atomic E-state index is 13.4. The molecule has 4 aromatic rings. The number of aliphatic hydroxyl groups is 1. The molecule has 0 bridgehead atoms. The molecule has 170 valence electrons. The third kappa shape index (κ3) is 3.84. The summed E-state index contributed by atoms with van der Waals surface area (Å²) in [5, 5.41) is 11.4. The smallest absolute Gasteiger partial charge is 0.301 e. The summed E-state index contributed by atoms with van der Waals surface area (Å²) in [6.45, 7) is 0. The van der Waals surface area contributed by atoms with Crippen LogP contribution in [0.4, 0.5) is 9.52 Å². The van der Waals surface area contributed by atoms with Gasteiger partial charge in [-0.05, 0) is 82.8 Å². The van der Waals surface area contributed by atoms with E-state index in [1.165, 1.54) is 40.5 Å². The van der Waals surface area contributed by atoms with Crippen molar-refractivity contribution in [1.82, 2.24) is 4.98 Å². The number of halogens is 2. The highest BCUT2D eigenvalue weighted by atomic mass is 127. The Balaban J connectivity index is 1.71. The molecule has 3 aromatic carbocycles. The Kier molecular flexibility index (Phi) is 5.82. The van der Waals surface area contributed by atoms with Crippen LogP contribution in [0.1, 0.15) is 17.2 Å². The van der Waals surface area contributed by atoms with E-state index in [-0.39, 0.29) is 16.9 Å². The number of hydrogen-bond donors (Lipinski definition) is 1. The van der Waals surface area contributed by atoms with E-state index in [4.69, 9.17) is 4.74 Å². The molecule has 2 heterocycles. The molecule has 0 saturated carbocycles. The lowest BCUT2D eigenvalue weighted by atomic mass is 9.95. The molecule has 1 atom stereocenters. The molecule has 1 unspecified atom stereocenters. The van der Waals surface area contributed by atoms with Crippen molar-refractivity contribution in [2.24, 2.45) is 0 Å². The fraction of sp³-hybridized carbons (Fsp3) is 0.0800. The number of amides is 1. The monoisotopic (exact) mass is 586 g/mol. The third-order valence-electron chi connectivity index (χ3n) is 5.54. The first-order chi connectivity index (χ1) is 16.4. The molecule has 5 rings (SSSR count). The number of fused-ring (bicyclic) bond motifs is 1. The summed E-state index contributed by atoms with van der Waals surface area (Å²) in [7, 11) is 1.56. The van der Waals surface area contributed by atoms with E-state index in [1.807, 2.05) is 18.2 Å². The molecule has 1 aliphatic rings. The summed E-state index contributed by atoms with van der Waals surface area (Å²) in [6, 6.07) is 16.9. The summed E-state index contributed by atoms with van der Waals surface area (Å²) in [6.07, 6.45) is 0. The van der Waals surface area contributed by atoms with Crippen LogP contribution in [0.25, 0.3) is 16.0 Å². The molecule has 0 radical (unpaired) electrons. The zero-order chi connectivity index (χ0) is 24.0. The number of carbonyl (C=O) groups excluding carboxylic acids is 2. The van der Waals surface area contributed by atoms with Crippen molar-refractivity contribution in [3.8, 4) is 5.75 Å². The molecule has 0 spiro atoms. The van der Waals surface area contributed by atoms with Gasteiger partial charge in [-0.15, -0.1) is 0 Å². The molecule has 1 N–H and O–H groups in total. The van der Waals surface area contributed by atoms with Crippen molar-refractivity contribution in [3.63, 3.8) is 0 Å². The number of nitrogens with zero attached hydrogens (tertiary/aromatic N) is 2. The zero-order valence-electron chi connectivity index (χ0n) is 17.7. The van der Waals surface area contributed by atoms with Gasteiger partial charge in [0.1, 0.15) is 17.3 Å². The topological polar surface area (TPSA) is 79.7 Å². The second-order valence-electron chi connectivity index (χ2n) is 7.56. The summed E-state index contributed by atoms with van der Waals surface area (Å²) in [4.78, 5) is 32.4. The van der Waals surface area contributed by atoms with E-state index in [0.717, 1.165) is 8.27 Å². The maximum atomic E-state index is 13.4. The van der Waals surface area contributed by atoms with E-state index >= 15 is 0 Å². The second-order valence-corrected chi connectivity index (χ2v) is 9.81. The molecule has 1 amide bonds.